The lowest BCUT2D eigenvalue weighted by molar-refractivity contribution is 0.191. The highest BCUT2D eigenvalue weighted by Crippen LogP contribution is 2.43. The van der Waals surface area contributed by atoms with Gasteiger partial charge in [-0.05, 0) is 80.0 Å². The first kappa shape index (κ1) is 23.2. The molecular formula is C28H38N4O2. The van der Waals surface area contributed by atoms with Gasteiger partial charge in [0.25, 0.3) is 0 Å². The van der Waals surface area contributed by atoms with Crippen molar-refractivity contribution in [3.8, 4) is 11.3 Å². The van der Waals surface area contributed by atoms with E-state index in [4.69, 9.17) is 9.40 Å². The summed E-state index contributed by atoms with van der Waals surface area (Å²) in [7, 11) is 0. The second-order valence-corrected chi connectivity index (χ2v) is 10.4. The molecule has 3 aromatic rings. The van der Waals surface area contributed by atoms with E-state index in [1.165, 1.54) is 24.0 Å². The molecule has 0 spiro atoms. The number of aliphatic hydroxyl groups excluding tert-OH is 1. The van der Waals surface area contributed by atoms with Crippen molar-refractivity contribution >= 4 is 22.6 Å². The van der Waals surface area contributed by atoms with Crippen molar-refractivity contribution in [3.63, 3.8) is 0 Å². The van der Waals surface area contributed by atoms with E-state index in [1.807, 2.05) is 6.20 Å². The molecule has 3 heterocycles. The number of nitrogens with zero attached hydrogens (tertiary/aromatic N) is 2. The monoisotopic (exact) mass is 462 g/mol. The second kappa shape index (κ2) is 9.21. The highest BCUT2D eigenvalue weighted by molar-refractivity contribution is 5.87. The first-order valence-corrected chi connectivity index (χ1v) is 13.0. The van der Waals surface area contributed by atoms with Gasteiger partial charge in [-0.25, -0.2) is 4.98 Å². The molecule has 4 atom stereocenters. The van der Waals surface area contributed by atoms with Gasteiger partial charge in [-0.15, -0.1) is 0 Å². The molecule has 2 fully saturated rings. The van der Waals surface area contributed by atoms with Crippen LogP contribution in [0.5, 0.6) is 0 Å². The average Bonchev–Trinajstić information content (AvgIpc) is 3.48. The van der Waals surface area contributed by atoms with E-state index < -0.39 is 0 Å². The van der Waals surface area contributed by atoms with E-state index >= 15 is 0 Å². The topological polar surface area (TPSA) is 83.2 Å². The SMILES string of the molecule is CCc1cc2cc(-c3c(NC4CC(CO)C(C)C4C)nc(NC4CC4)c(CC)c3C)oc2cn1. The zero-order chi connectivity index (χ0) is 24.0. The molecule has 0 saturated heterocycles. The largest absolute Gasteiger partial charge is 0.454 e. The number of aromatic nitrogens is 2. The van der Waals surface area contributed by atoms with Crippen molar-refractivity contribution in [1.29, 1.82) is 0 Å². The summed E-state index contributed by atoms with van der Waals surface area (Å²) in [6, 6.07) is 5.05. The van der Waals surface area contributed by atoms with E-state index in [9.17, 15) is 5.11 Å². The van der Waals surface area contributed by atoms with E-state index in [1.54, 1.807) is 0 Å². The maximum absolute atomic E-state index is 9.88. The quantitative estimate of drug-likeness (QED) is 0.383. The van der Waals surface area contributed by atoms with E-state index in [0.29, 0.717) is 23.8 Å². The highest BCUT2D eigenvalue weighted by Gasteiger charge is 2.38. The highest BCUT2D eigenvalue weighted by atomic mass is 16.3. The first-order valence-electron chi connectivity index (χ1n) is 13.0. The molecule has 6 nitrogen and oxygen atoms in total. The number of pyridine rings is 2. The van der Waals surface area contributed by atoms with Crippen LogP contribution in [0.25, 0.3) is 22.3 Å². The fraction of sp³-hybridized carbons (Fsp3) is 0.571. The normalized spacial score (nSPS) is 24.6. The van der Waals surface area contributed by atoms with Crippen molar-refractivity contribution in [3.05, 3.63) is 35.2 Å². The lowest BCUT2D eigenvalue weighted by Gasteiger charge is -2.24. The number of fused-ring (bicyclic) bond motifs is 1. The van der Waals surface area contributed by atoms with Crippen molar-refractivity contribution in [2.24, 2.45) is 17.8 Å². The van der Waals surface area contributed by atoms with Crippen LogP contribution in [-0.4, -0.2) is 33.8 Å². The Morgan fingerprint density at radius 3 is 2.50 bits per heavy atom. The lowest BCUT2D eigenvalue weighted by atomic mass is 9.92. The third-order valence-electron chi connectivity index (χ3n) is 8.24. The summed E-state index contributed by atoms with van der Waals surface area (Å²) in [6.07, 6.45) is 7.01. The number of rotatable bonds is 8. The summed E-state index contributed by atoms with van der Waals surface area (Å²) >= 11 is 0. The number of aliphatic hydroxyl groups is 1. The summed E-state index contributed by atoms with van der Waals surface area (Å²) in [5, 5.41) is 18.4. The maximum Gasteiger partial charge on any atom is 0.153 e. The third kappa shape index (κ3) is 4.17. The molecule has 0 bridgehead atoms. The van der Waals surface area contributed by atoms with E-state index in [2.05, 4.69) is 62.4 Å². The minimum absolute atomic E-state index is 0.239. The average molecular weight is 463 g/mol. The molecule has 0 amide bonds. The number of aryl methyl sites for hydroxylation is 1. The molecule has 0 radical (unpaired) electrons. The minimum Gasteiger partial charge on any atom is -0.454 e. The van der Waals surface area contributed by atoms with E-state index in [0.717, 1.165) is 58.9 Å². The molecule has 3 aromatic heterocycles. The lowest BCUT2D eigenvalue weighted by Crippen LogP contribution is -2.25. The van der Waals surface area contributed by atoms with Crippen LogP contribution in [0, 0.1) is 24.7 Å². The minimum atomic E-state index is 0.239. The molecule has 0 aromatic carbocycles. The molecule has 0 aliphatic heterocycles. The van der Waals surface area contributed by atoms with Crippen LogP contribution in [0.3, 0.4) is 0 Å². The number of hydrogen-bond acceptors (Lipinski definition) is 6. The number of furan rings is 1. The zero-order valence-electron chi connectivity index (χ0n) is 21.1. The Morgan fingerprint density at radius 2 is 1.85 bits per heavy atom. The molecule has 2 saturated carbocycles. The van der Waals surface area contributed by atoms with Gasteiger partial charge in [0.05, 0.1) is 11.8 Å². The molecule has 6 heteroatoms. The van der Waals surface area contributed by atoms with Gasteiger partial charge in [0.15, 0.2) is 5.58 Å². The van der Waals surface area contributed by atoms with Crippen molar-refractivity contribution in [1.82, 2.24) is 9.97 Å². The molecule has 3 N–H and O–H groups in total. The predicted molar refractivity (Wildman–Crippen MR) is 138 cm³/mol. The second-order valence-electron chi connectivity index (χ2n) is 10.4. The van der Waals surface area contributed by atoms with Gasteiger partial charge >= 0.3 is 0 Å². The first-order chi connectivity index (χ1) is 16.4. The van der Waals surface area contributed by atoms with Crippen LogP contribution < -0.4 is 10.6 Å². The molecule has 5 rings (SSSR count). The maximum atomic E-state index is 9.88. The van der Waals surface area contributed by atoms with Gasteiger partial charge in [-0.2, -0.15) is 0 Å². The van der Waals surface area contributed by atoms with Crippen molar-refractivity contribution in [2.45, 2.75) is 78.8 Å². The smallest absolute Gasteiger partial charge is 0.153 e. The summed E-state index contributed by atoms with van der Waals surface area (Å²) in [5.74, 6) is 3.95. The molecule has 4 unspecified atom stereocenters. The van der Waals surface area contributed by atoms with Gasteiger partial charge in [-0.3, -0.25) is 4.98 Å². The Balaban J connectivity index is 1.61. The standard InChI is InChI=1S/C28H38N4O2/c1-6-20-10-18-12-24(34-25(18)13-29-20)26-17(5)22(7-2)27(30-21-8-9-21)32-28(26)31-23-11-19(14-33)15(3)16(23)4/h10,12-13,15-16,19,21,23,33H,6-9,11,14H2,1-5H3,(H2,30,31,32). The summed E-state index contributed by atoms with van der Waals surface area (Å²) in [6.45, 7) is 11.3. The van der Waals surface area contributed by atoms with Crippen molar-refractivity contribution in [2.75, 3.05) is 17.2 Å². The Morgan fingerprint density at radius 1 is 1.06 bits per heavy atom. The molecule has 2 aliphatic carbocycles. The van der Waals surface area contributed by atoms with Gasteiger partial charge in [0.1, 0.15) is 17.4 Å². The van der Waals surface area contributed by atoms with Gasteiger partial charge in [-0.1, -0.05) is 27.7 Å². The van der Waals surface area contributed by atoms with Crippen LogP contribution >= 0.6 is 0 Å². The fourth-order valence-corrected chi connectivity index (χ4v) is 5.59. The van der Waals surface area contributed by atoms with Crippen LogP contribution in [0.2, 0.25) is 0 Å². The van der Waals surface area contributed by atoms with Gasteiger partial charge in [0, 0.05) is 29.8 Å². The summed E-state index contributed by atoms with van der Waals surface area (Å²) < 4.78 is 6.36. The fourth-order valence-electron chi connectivity index (χ4n) is 5.59. The number of anilines is 2. The Bertz CT molecular complexity index is 1180. The molecular weight excluding hydrogens is 424 g/mol. The Labute approximate surface area is 202 Å². The van der Waals surface area contributed by atoms with Crippen LogP contribution in [0.15, 0.2) is 22.7 Å². The molecule has 34 heavy (non-hydrogen) atoms. The zero-order valence-corrected chi connectivity index (χ0v) is 21.1. The van der Waals surface area contributed by atoms with Crippen LogP contribution in [0.4, 0.5) is 11.6 Å². The Kier molecular flexibility index (Phi) is 6.28. The predicted octanol–water partition coefficient (Wildman–Crippen LogP) is 5.96. The molecule has 2 aliphatic rings. The van der Waals surface area contributed by atoms with Gasteiger partial charge in [0.2, 0.25) is 0 Å². The van der Waals surface area contributed by atoms with Crippen LogP contribution in [0.1, 0.15) is 63.8 Å². The van der Waals surface area contributed by atoms with E-state index in [-0.39, 0.29) is 12.6 Å². The number of hydrogen-bond donors (Lipinski definition) is 3. The number of nitrogens with one attached hydrogen (secondary N) is 2. The van der Waals surface area contributed by atoms with Crippen LogP contribution in [-0.2, 0) is 12.8 Å². The summed E-state index contributed by atoms with van der Waals surface area (Å²) in [4.78, 5) is 9.70. The van der Waals surface area contributed by atoms with Crippen molar-refractivity contribution < 1.29 is 9.52 Å². The summed E-state index contributed by atoms with van der Waals surface area (Å²) in [5.41, 5.74) is 5.37. The Hall–Kier alpha value is -2.60. The third-order valence-corrected chi connectivity index (χ3v) is 8.24. The van der Waals surface area contributed by atoms with Gasteiger partial charge < -0.3 is 20.2 Å². The molecule has 182 valence electrons.